The van der Waals surface area contributed by atoms with Gasteiger partial charge in [0, 0.05) is 25.7 Å². The Morgan fingerprint density at radius 2 is 1.69 bits per heavy atom. The Balaban J connectivity index is 1.58. The molecule has 1 amide bonds. The minimum Gasteiger partial charge on any atom is -0.340 e. The lowest BCUT2D eigenvalue weighted by Crippen LogP contribution is -2.46. The third-order valence-electron chi connectivity index (χ3n) is 6.87. The number of fused-ring (bicyclic) bond motifs is 1. The van der Waals surface area contributed by atoms with Gasteiger partial charge >= 0.3 is 0 Å². The Kier molecular flexibility index (Phi) is 6.98. The van der Waals surface area contributed by atoms with Crippen LogP contribution < -0.4 is 0 Å². The molecular formula is C25H33N3O3S. The molecule has 2 atom stereocenters. The average molecular weight is 456 g/mol. The highest BCUT2D eigenvalue weighted by Gasteiger charge is 2.40. The van der Waals surface area contributed by atoms with Gasteiger partial charge in [-0.15, -0.1) is 0 Å². The van der Waals surface area contributed by atoms with Crippen LogP contribution in [0, 0.1) is 0 Å². The number of nitrogens with zero attached hydrogens (tertiary/aromatic N) is 3. The van der Waals surface area contributed by atoms with Crippen LogP contribution in [-0.4, -0.2) is 74.3 Å². The van der Waals surface area contributed by atoms with Crippen molar-refractivity contribution in [3.05, 3.63) is 65.7 Å². The van der Waals surface area contributed by atoms with E-state index in [1.54, 1.807) is 24.3 Å². The van der Waals surface area contributed by atoms with Crippen molar-refractivity contribution in [2.75, 3.05) is 39.3 Å². The third-order valence-corrected chi connectivity index (χ3v) is 8.94. The van der Waals surface area contributed by atoms with Crippen LogP contribution in [0.5, 0.6) is 0 Å². The minimum absolute atomic E-state index is 0.0206. The molecule has 2 unspecified atom stereocenters. The van der Waals surface area contributed by atoms with Crippen molar-refractivity contribution in [1.82, 2.24) is 14.7 Å². The van der Waals surface area contributed by atoms with Gasteiger partial charge in [0.15, 0.2) is 9.84 Å². The fraction of sp³-hybridized carbons (Fsp3) is 0.480. The lowest BCUT2D eigenvalue weighted by molar-refractivity contribution is -0.131. The van der Waals surface area contributed by atoms with Crippen molar-refractivity contribution < 1.29 is 13.2 Å². The summed E-state index contributed by atoms with van der Waals surface area (Å²) in [6, 6.07) is 16.7. The predicted molar refractivity (Wildman–Crippen MR) is 126 cm³/mol. The second-order valence-corrected chi connectivity index (χ2v) is 10.6. The highest BCUT2D eigenvalue weighted by Crippen LogP contribution is 2.37. The molecule has 2 aliphatic heterocycles. The Morgan fingerprint density at radius 1 is 1.00 bits per heavy atom. The van der Waals surface area contributed by atoms with Crippen molar-refractivity contribution in [3.63, 3.8) is 0 Å². The molecular weight excluding hydrogens is 422 g/mol. The standard InChI is InChI=1S/C25H33N3O3S/c1-3-26(4-2)21-15-17-27(18-21)24(29)19-28-16-14-20-10-8-9-13-23(20)25(28)32(30,31)22-11-6-5-7-12-22/h5-13,21,25H,3-4,14-19H2,1-2H3. The summed E-state index contributed by atoms with van der Waals surface area (Å²) in [5.41, 5.74) is 1.83. The highest BCUT2D eigenvalue weighted by atomic mass is 32.2. The second kappa shape index (κ2) is 9.73. The molecule has 2 aliphatic rings. The smallest absolute Gasteiger partial charge is 0.236 e. The summed E-state index contributed by atoms with van der Waals surface area (Å²) in [5.74, 6) is 0.0206. The summed E-state index contributed by atoms with van der Waals surface area (Å²) in [6.45, 7) is 8.38. The van der Waals surface area contributed by atoms with Gasteiger partial charge in [0.05, 0.1) is 11.4 Å². The molecule has 0 N–H and O–H groups in total. The number of rotatable bonds is 7. The van der Waals surface area contributed by atoms with Crippen molar-refractivity contribution in [3.8, 4) is 0 Å². The molecule has 0 aromatic heterocycles. The molecule has 0 radical (unpaired) electrons. The van der Waals surface area contributed by atoms with Gasteiger partial charge in [-0.05, 0) is 49.2 Å². The van der Waals surface area contributed by atoms with Crippen LogP contribution in [0.4, 0.5) is 0 Å². The molecule has 0 saturated carbocycles. The fourth-order valence-electron chi connectivity index (χ4n) is 5.13. The summed E-state index contributed by atoms with van der Waals surface area (Å²) in [7, 11) is -3.68. The Bertz CT molecular complexity index is 1040. The van der Waals surface area contributed by atoms with E-state index in [0.717, 1.165) is 50.1 Å². The van der Waals surface area contributed by atoms with E-state index in [1.807, 2.05) is 40.1 Å². The molecule has 172 valence electrons. The number of hydrogen-bond acceptors (Lipinski definition) is 5. The van der Waals surface area contributed by atoms with Crippen LogP contribution in [0.15, 0.2) is 59.5 Å². The van der Waals surface area contributed by atoms with E-state index in [-0.39, 0.29) is 12.5 Å². The highest BCUT2D eigenvalue weighted by molar-refractivity contribution is 7.91. The maximum atomic E-state index is 13.7. The number of sulfone groups is 1. The normalized spacial score (nSPS) is 21.7. The van der Waals surface area contributed by atoms with E-state index in [9.17, 15) is 13.2 Å². The first kappa shape index (κ1) is 23.0. The van der Waals surface area contributed by atoms with Gasteiger partial charge in [0.25, 0.3) is 0 Å². The van der Waals surface area contributed by atoms with Gasteiger partial charge in [-0.3, -0.25) is 14.6 Å². The maximum Gasteiger partial charge on any atom is 0.236 e. The second-order valence-electron chi connectivity index (χ2n) is 8.63. The van der Waals surface area contributed by atoms with Crippen molar-refractivity contribution in [2.45, 2.75) is 43.0 Å². The number of benzene rings is 2. The number of likely N-dealkylation sites (tertiary alicyclic amines) is 1. The average Bonchev–Trinajstić information content (AvgIpc) is 3.30. The summed E-state index contributed by atoms with van der Waals surface area (Å²) in [4.78, 5) is 19.7. The first-order chi connectivity index (χ1) is 15.5. The summed E-state index contributed by atoms with van der Waals surface area (Å²) in [6.07, 6.45) is 1.72. The number of hydrogen-bond donors (Lipinski definition) is 0. The predicted octanol–water partition coefficient (Wildman–Crippen LogP) is 2.96. The molecule has 2 aromatic carbocycles. The fourth-order valence-corrected chi connectivity index (χ4v) is 7.06. The molecule has 4 rings (SSSR count). The topological polar surface area (TPSA) is 60.9 Å². The lowest BCUT2D eigenvalue weighted by Gasteiger charge is -2.37. The summed E-state index contributed by atoms with van der Waals surface area (Å²) in [5, 5.41) is -0.847. The Hall–Kier alpha value is -2.22. The molecule has 7 heteroatoms. The molecule has 1 saturated heterocycles. The van der Waals surface area contributed by atoms with E-state index in [4.69, 9.17) is 0 Å². The molecule has 0 aliphatic carbocycles. The third kappa shape index (κ3) is 4.47. The molecule has 0 bridgehead atoms. The number of amides is 1. The van der Waals surface area contributed by atoms with E-state index in [1.165, 1.54) is 0 Å². The van der Waals surface area contributed by atoms with E-state index in [2.05, 4.69) is 18.7 Å². The number of carbonyl (C=O) groups is 1. The Labute approximate surface area is 191 Å². The largest absolute Gasteiger partial charge is 0.340 e. The van der Waals surface area contributed by atoms with Gasteiger partial charge in [0.2, 0.25) is 5.91 Å². The van der Waals surface area contributed by atoms with Crippen LogP contribution in [0.3, 0.4) is 0 Å². The van der Waals surface area contributed by atoms with Gasteiger partial charge in [-0.25, -0.2) is 8.42 Å². The van der Waals surface area contributed by atoms with Crippen molar-refractivity contribution in [1.29, 1.82) is 0 Å². The van der Waals surface area contributed by atoms with Gasteiger partial charge in [0.1, 0.15) is 5.37 Å². The molecule has 0 spiro atoms. The van der Waals surface area contributed by atoms with E-state index in [0.29, 0.717) is 17.5 Å². The van der Waals surface area contributed by atoms with Crippen LogP contribution in [0.1, 0.15) is 36.8 Å². The molecule has 2 heterocycles. The molecule has 32 heavy (non-hydrogen) atoms. The minimum atomic E-state index is -3.68. The first-order valence-electron chi connectivity index (χ1n) is 11.6. The zero-order chi connectivity index (χ0) is 22.7. The first-order valence-corrected chi connectivity index (χ1v) is 13.1. The monoisotopic (exact) mass is 455 g/mol. The van der Waals surface area contributed by atoms with E-state index < -0.39 is 15.2 Å². The molecule has 2 aromatic rings. The van der Waals surface area contributed by atoms with E-state index >= 15 is 0 Å². The van der Waals surface area contributed by atoms with Crippen molar-refractivity contribution in [2.24, 2.45) is 0 Å². The lowest BCUT2D eigenvalue weighted by atomic mass is 9.99. The SMILES string of the molecule is CCN(CC)C1CCN(C(=O)CN2CCc3ccccc3C2S(=O)(=O)c2ccccc2)C1. The van der Waals surface area contributed by atoms with Crippen LogP contribution in [0.2, 0.25) is 0 Å². The zero-order valence-corrected chi connectivity index (χ0v) is 19.8. The van der Waals surface area contributed by atoms with Crippen molar-refractivity contribution >= 4 is 15.7 Å². The van der Waals surface area contributed by atoms with Crippen LogP contribution >= 0.6 is 0 Å². The number of carbonyl (C=O) groups excluding carboxylic acids is 1. The summed E-state index contributed by atoms with van der Waals surface area (Å²) < 4.78 is 27.4. The van der Waals surface area contributed by atoms with Gasteiger partial charge in [-0.1, -0.05) is 56.3 Å². The zero-order valence-electron chi connectivity index (χ0n) is 19.0. The number of likely N-dealkylation sites (N-methyl/N-ethyl adjacent to an activating group) is 1. The quantitative estimate of drug-likeness (QED) is 0.642. The van der Waals surface area contributed by atoms with Crippen LogP contribution in [0.25, 0.3) is 0 Å². The molecule has 1 fully saturated rings. The summed E-state index contributed by atoms with van der Waals surface area (Å²) >= 11 is 0. The van der Waals surface area contributed by atoms with Gasteiger partial charge < -0.3 is 4.90 Å². The molecule has 6 nitrogen and oxygen atoms in total. The van der Waals surface area contributed by atoms with Gasteiger partial charge in [-0.2, -0.15) is 0 Å². The Morgan fingerprint density at radius 3 is 2.41 bits per heavy atom. The maximum absolute atomic E-state index is 13.7. The van der Waals surface area contributed by atoms with Crippen LogP contribution in [-0.2, 0) is 21.1 Å².